The summed E-state index contributed by atoms with van der Waals surface area (Å²) in [5.41, 5.74) is 5.95. The number of carbonyl (C=O) groups is 1. The van der Waals surface area contributed by atoms with Crippen molar-refractivity contribution in [1.82, 2.24) is 15.1 Å². The molecule has 0 radical (unpaired) electrons. The van der Waals surface area contributed by atoms with Crippen LogP contribution in [0.5, 0.6) is 0 Å². The summed E-state index contributed by atoms with van der Waals surface area (Å²) in [7, 11) is 1.71. The third-order valence-corrected chi connectivity index (χ3v) is 2.48. The van der Waals surface area contributed by atoms with E-state index in [4.69, 9.17) is 18.0 Å². The number of hydrogen-bond acceptors (Lipinski definition) is 4. The molecule has 0 aliphatic heterocycles. The van der Waals surface area contributed by atoms with E-state index < -0.39 is 0 Å². The minimum absolute atomic E-state index is 0.0295. The molecule has 0 bridgehead atoms. The van der Waals surface area contributed by atoms with Gasteiger partial charge in [-0.2, -0.15) is 10.2 Å². The van der Waals surface area contributed by atoms with E-state index in [0.29, 0.717) is 17.0 Å². The Morgan fingerprint density at radius 3 is 2.81 bits per heavy atom. The molecule has 1 unspecified atom stereocenters. The molecule has 0 fully saturated rings. The Labute approximate surface area is 99.6 Å². The van der Waals surface area contributed by atoms with Crippen LogP contribution >= 0.6 is 12.2 Å². The van der Waals surface area contributed by atoms with E-state index in [2.05, 4.69) is 10.2 Å². The molecule has 0 aliphatic carbocycles. The first-order chi connectivity index (χ1) is 7.52. The standard InChI is InChI=1S/C10H14N4OS/c1-7(5-9(11)16)14(2)10(15)8-3-4-12-13-6-8/h3-4,6-7H,5H2,1-2H3,(H2,11,16). The topological polar surface area (TPSA) is 72.1 Å². The second-order valence-electron chi connectivity index (χ2n) is 3.57. The Morgan fingerprint density at radius 1 is 1.62 bits per heavy atom. The maximum atomic E-state index is 11.9. The lowest BCUT2D eigenvalue weighted by Gasteiger charge is -2.24. The van der Waals surface area contributed by atoms with Crippen LogP contribution in [0.2, 0.25) is 0 Å². The summed E-state index contributed by atoms with van der Waals surface area (Å²) in [6.07, 6.45) is 3.43. The van der Waals surface area contributed by atoms with E-state index in [-0.39, 0.29) is 11.9 Å². The van der Waals surface area contributed by atoms with Gasteiger partial charge in [-0.25, -0.2) is 0 Å². The Kier molecular flexibility index (Phi) is 4.30. The Balaban J connectivity index is 2.71. The Hall–Kier alpha value is -1.56. The first-order valence-corrected chi connectivity index (χ1v) is 5.25. The first-order valence-electron chi connectivity index (χ1n) is 4.84. The second kappa shape index (κ2) is 5.50. The molecule has 16 heavy (non-hydrogen) atoms. The largest absolute Gasteiger partial charge is 0.393 e. The average molecular weight is 238 g/mol. The third-order valence-electron chi connectivity index (χ3n) is 2.31. The molecule has 5 nitrogen and oxygen atoms in total. The minimum Gasteiger partial charge on any atom is -0.393 e. The highest BCUT2D eigenvalue weighted by Gasteiger charge is 2.17. The maximum absolute atomic E-state index is 11.9. The van der Waals surface area contributed by atoms with Crippen molar-refractivity contribution in [1.29, 1.82) is 0 Å². The van der Waals surface area contributed by atoms with Crippen LogP contribution in [-0.4, -0.2) is 39.1 Å². The van der Waals surface area contributed by atoms with Gasteiger partial charge in [0, 0.05) is 19.5 Å². The second-order valence-corrected chi connectivity index (χ2v) is 4.09. The van der Waals surface area contributed by atoms with Crippen molar-refractivity contribution in [3.05, 3.63) is 24.0 Å². The van der Waals surface area contributed by atoms with Crippen molar-refractivity contribution in [2.75, 3.05) is 7.05 Å². The predicted octanol–water partition coefficient (Wildman–Crippen LogP) is 0.613. The van der Waals surface area contributed by atoms with E-state index in [1.807, 2.05) is 6.92 Å². The van der Waals surface area contributed by atoms with Gasteiger partial charge in [0.2, 0.25) is 0 Å². The van der Waals surface area contributed by atoms with Crippen LogP contribution in [0.1, 0.15) is 23.7 Å². The van der Waals surface area contributed by atoms with Gasteiger partial charge >= 0.3 is 0 Å². The van der Waals surface area contributed by atoms with E-state index in [9.17, 15) is 4.79 Å². The number of nitrogens with zero attached hydrogens (tertiary/aromatic N) is 3. The summed E-state index contributed by atoms with van der Waals surface area (Å²) in [6, 6.07) is 1.59. The van der Waals surface area contributed by atoms with Crippen molar-refractivity contribution < 1.29 is 4.79 Å². The molecule has 1 rings (SSSR count). The highest BCUT2D eigenvalue weighted by atomic mass is 32.1. The van der Waals surface area contributed by atoms with Gasteiger partial charge in [0.15, 0.2) is 0 Å². The zero-order valence-corrected chi connectivity index (χ0v) is 10.1. The maximum Gasteiger partial charge on any atom is 0.255 e. The van der Waals surface area contributed by atoms with E-state index >= 15 is 0 Å². The van der Waals surface area contributed by atoms with Gasteiger partial charge in [-0.1, -0.05) is 12.2 Å². The zero-order valence-electron chi connectivity index (χ0n) is 9.25. The molecule has 0 aromatic carbocycles. The van der Waals surface area contributed by atoms with Crippen LogP contribution in [0.3, 0.4) is 0 Å². The van der Waals surface area contributed by atoms with Gasteiger partial charge in [-0.3, -0.25) is 4.79 Å². The summed E-state index contributed by atoms with van der Waals surface area (Å²) in [5.74, 6) is -0.112. The van der Waals surface area contributed by atoms with Crippen molar-refractivity contribution in [3.8, 4) is 0 Å². The number of hydrogen-bond donors (Lipinski definition) is 1. The van der Waals surface area contributed by atoms with Crippen molar-refractivity contribution in [2.45, 2.75) is 19.4 Å². The Bertz CT molecular complexity index is 382. The molecule has 1 heterocycles. The molecule has 86 valence electrons. The fourth-order valence-corrected chi connectivity index (χ4v) is 1.49. The highest BCUT2D eigenvalue weighted by Crippen LogP contribution is 2.07. The monoisotopic (exact) mass is 238 g/mol. The van der Waals surface area contributed by atoms with Crippen molar-refractivity contribution in [2.24, 2.45) is 5.73 Å². The third kappa shape index (κ3) is 3.23. The molecule has 6 heteroatoms. The fraction of sp³-hybridized carbons (Fsp3) is 0.400. The van der Waals surface area contributed by atoms with E-state index in [0.717, 1.165) is 0 Å². The number of aromatic nitrogens is 2. The molecule has 0 aliphatic rings. The van der Waals surface area contributed by atoms with Crippen LogP contribution < -0.4 is 5.73 Å². The molecule has 1 aromatic rings. The van der Waals surface area contributed by atoms with Crippen LogP contribution in [-0.2, 0) is 0 Å². The van der Waals surface area contributed by atoms with Gasteiger partial charge in [0.1, 0.15) is 0 Å². The van der Waals surface area contributed by atoms with Crippen molar-refractivity contribution >= 4 is 23.1 Å². The number of thiocarbonyl (C=S) groups is 1. The van der Waals surface area contributed by atoms with Gasteiger partial charge in [-0.15, -0.1) is 0 Å². The quantitative estimate of drug-likeness (QED) is 0.778. The number of amides is 1. The molecule has 0 saturated carbocycles. The van der Waals surface area contributed by atoms with E-state index in [1.54, 1.807) is 18.0 Å². The first kappa shape index (κ1) is 12.5. The number of carbonyl (C=O) groups excluding carboxylic acids is 1. The van der Waals surface area contributed by atoms with Crippen LogP contribution in [0.15, 0.2) is 18.5 Å². The minimum atomic E-state index is -0.112. The summed E-state index contributed by atoms with van der Waals surface area (Å²) in [6.45, 7) is 1.89. The molecule has 1 aromatic heterocycles. The van der Waals surface area contributed by atoms with Gasteiger partial charge < -0.3 is 10.6 Å². The molecule has 2 N–H and O–H groups in total. The Morgan fingerprint density at radius 2 is 2.31 bits per heavy atom. The van der Waals surface area contributed by atoms with E-state index in [1.165, 1.54) is 12.4 Å². The van der Waals surface area contributed by atoms with Crippen LogP contribution in [0, 0.1) is 0 Å². The lowest BCUT2D eigenvalue weighted by molar-refractivity contribution is 0.0747. The highest BCUT2D eigenvalue weighted by molar-refractivity contribution is 7.80. The lowest BCUT2D eigenvalue weighted by atomic mass is 10.2. The van der Waals surface area contributed by atoms with Gasteiger partial charge in [-0.05, 0) is 13.0 Å². The summed E-state index contributed by atoms with van der Waals surface area (Å²) in [4.78, 5) is 13.9. The molecule has 1 atom stereocenters. The summed E-state index contributed by atoms with van der Waals surface area (Å²) in [5, 5.41) is 7.28. The summed E-state index contributed by atoms with van der Waals surface area (Å²) >= 11 is 4.81. The van der Waals surface area contributed by atoms with Crippen LogP contribution in [0.4, 0.5) is 0 Å². The number of rotatable bonds is 4. The zero-order chi connectivity index (χ0) is 12.1. The molecular formula is C10H14N4OS. The predicted molar refractivity (Wildman–Crippen MR) is 65.0 cm³/mol. The molecule has 0 saturated heterocycles. The lowest BCUT2D eigenvalue weighted by Crippen LogP contribution is -2.37. The SMILES string of the molecule is CC(CC(N)=S)N(C)C(=O)c1ccnnc1. The van der Waals surface area contributed by atoms with Gasteiger partial charge in [0.25, 0.3) is 5.91 Å². The normalized spacial score (nSPS) is 11.9. The average Bonchev–Trinajstić information content (AvgIpc) is 2.27. The molecular weight excluding hydrogens is 224 g/mol. The fourth-order valence-electron chi connectivity index (χ4n) is 1.25. The van der Waals surface area contributed by atoms with Crippen molar-refractivity contribution in [3.63, 3.8) is 0 Å². The van der Waals surface area contributed by atoms with Crippen LogP contribution in [0.25, 0.3) is 0 Å². The van der Waals surface area contributed by atoms with Gasteiger partial charge in [0.05, 0.1) is 22.9 Å². The smallest absolute Gasteiger partial charge is 0.255 e. The molecule has 0 spiro atoms. The summed E-state index contributed by atoms with van der Waals surface area (Å²) < 4.78 is 0. The molecule has 1 amide bonds. The number of nitrogens with two attached hydrogens (primary N) is 1.